The molecule has 1 heteroatoms. The van der Waals surface area contributed by atoms with Crippen LogP contribution in [-0.4, -0.2) is 13.6 Å². The third kappa shape index (κ3) is 7.37. The maximum Gasteiger partial charge on any atom is -0.00203 e. The highest BCUT2D eigenvalue weighted by Gasteiger charge is 2.08. The van der Waals surface area contributed by atoms with Gasteiger partial charge in [-0.2, -0.15) is 0 Å². The quantitative estimate of drug-likeness (QED) is 0.600. The van der Waals surface area contributed by atoms with Gasteiger partial charge in [-0.3, -0.25) is 0 Å². The fraction of sp³-hybridized carbons (Fsp3) is 0.667. The fourth-order valence-electron chi connectivity index (χ4n) is 2.66. The van der Waals surface area contributed by atoms with Crippen molar-refractivity contribution in [3.63, 3.8) is 0 Å². The summed E-state index contributed by atoms with van der Waals surface area (Å²) in [6.07, 6.45) is 9.51. The monoisotopic (exact) mass is 261 g/mol. The van der Waals surface area contributed by atoms with Crippen LogP contribution in [0.2, 0.25) is 0 Å². The molecule has 1 aromatic rings. The van der Waals surface area contributed by atoms with Gasteiger partial charge < -0.3 is 5.32 Å². The Morgan fingerprint density at radius 2 is 1.68 bits per heavy atom. The molecule has 0 spiro atoms. The summed E-state index contributed by atoms with van der Waals surface area (Å²) in [5.74, 6) is 0.786. The molecule has 1 nitrogen and oxygen atoms in total. The zero-order chi connectivity index (χ0) is 13.9. The molecule has 0 radical (unpaired) electrons. The van der Waals surface area contributed by atoms with Gasteiger partial charge in [0.15, 0.2) is 0 Å². The van der Waals surface area contributed by atoms with Crippen LogP contribution < -0.4 is 5.32 Å². The molecule has 0 fully saturated rings. The summed E-state index contributed by atoms with van der Waals surface area (Å²) in [6, 6.07) is 9.03. The maximum absolute atomic E-state index is 3.35. The lowest BCUT2D eigenvalue weighted by atomic mass is 9.93. The third-order valence-electron chi connectivity index (χ3n) is 3.85. The second-order valence-corrected chi connectivity index (χ2v) is 5.82. The summed E-state index contributed by atoms with van der Waals surface area (Å²) < 4.78 is 0. The second kappa shape index (κ2) is 10.0. The van der Waals surface area contributed by atoms with Gasteiger partial charge in [0.1, 0.15) is 0 Å². The number of hydrogen-bond donors (Lipinski definition) is 1. The average molecular weight is 261 g/mol. The van der Waals surface area contributed by atoms with E-state index in [1.54, 1.807) is 0 Å². The van der Waals surface area contributed by atoms with Gasteiger partial charge in [-0.15, -0.1) is 0 Å². The molecule has 1 aromatic carbocycles. The van der Waals surface area contributed by atoms with E-state index in [1.165, 1.54) is 56.1 Å². The van der Waals surface area contributed by atoms with Crippen molar-refractivity contribution in [3.8, 4) is 0 Å². The minimum atomic E-state index is 0.786. The second-order valence-electron chi connectivity index (χ2n) is 5.82. The van der Waals surface area contributed by atoms with E-state index in [2.05, 4.69) is 50.5 Å². The number of unbranched alkanes of at least 4 members (excludes halogenated alkanes) is 4. The van der Waals surface area contributed by atoms with E-state index in [0.29, 0.717) is 0 Å². The van der Waals surface area contributed by atoms with Gasteiger partial charge in [0.2, 0.25) is 0 Å². The van der Waals surface area contributed by atoms with Crippen molar-refractivity contribution < 1.29 is 0 Å². The highest BCUT2D eigenvalue weighted by Crippen LogP contribution is 2.17. The van der Waals surface area contributed by atoms with Gasteiger partial charge in [0, 0.05) is 0 Å². The van der Waals surface area contributed by atoms with Crippen molar-refractivity contribution in [2.45, 2.75) is 58.8 Å². The van der Waals surface area contributed by atoms with Crippen molar-refractivity contribution in [1.29, 1.82) is 0 Å². The predicted molar refractivity (Wildman–Crippen MR) is 85.7 cm³/mol. The van der Waals surface area contributed by atoms with Crippen molar-refractivity contribution >= 4 is 0 Å². The van der Waals surface area contributed by atoms with E-state index in [1.807, 2.05) is 0 Å². The Labute approximate surface area is 119 Å². The van der Waals surface area contributed by atoms with Gasteiger partial charge in [-0.05, 0) is 44.8 Å². The van der Waals surface area contributed by atoms with E-state index in [9.17, 15) is 0 Å². The van der Waals surface area contributed by atoms with Gasteiger partial charge in [0.25, 0.3) is 0 Å². The Balaban J connectivity index is 2.33. The first-order valence-electron chi connectivity index (χ1n) is 7.96. The molecule has 0 saturated heterocycles. The summed E-state index contributed by atoms with van der Waals surface area (Å²) in [6.45, 7) is 5.57. The molecule has 1 rings (SSSR count). The Bertz CT molecular complexity index is 315. The summed E-state index contributed by atoms with van der Waals surface area (Å²) in [5.41, 5.74) is 2.84. The number of hydrogen-bond acceptors (Lipinski definition) is 1. The Morgan fingerprint density at radius 3 is 2.32 bits per heavy atom. The van der Waals surface area contributed by atoms with E-state index in [-0.39, 0.29) is 0 Å². The number of aryl methyl sites for hydroxylation is 1. The molecule has 0 aliphatic heterocycles. The molecule has 0 heterocycles. The lowest BCUT2D eigenvalue weighted by Gasteiger charge is -2.16. The lowest BCUT2D eigenvalue weighted by Crippen LogP contribution is -2.20. The van der Waals surface area contributed by atoms with Crippen molar-refractivity contribution in [2.75, 3.05) is 13.6 Å². The minimum absolute atomic E-state index is 0.786. The van der Waals surface area contributed by atoms with E-state index in [4.69, 9.17) is 0 Å². The predicted octanol–water partition coefficient (Wildman–Crippen LogP) is 4.73. The SMILES string of the molecule is CCCCCCCC(CNC)Cc1ccc(C)cc1. The molecule has 1 unspecified atom stereocenters. The highest BCUT2D eigenvalue weighted by molar-refractivity contribution is 5.21. The van der Waals surface area contributed by atoms with Crippen molar-refractivity contribution in [2.24, 2.45) is 5.92 Å². The highest BCUT2D eigenvalue weighted by atomic mass is 14.8. The van der Waals surface area contributed by atoms with Crippen LogP contribution in [0.15, 0.2) is 24.3 Å². The molecule has 0 amide bonds. The van der Waals surface area contributed by atoms with E-state index in [0.717, 1.165) is 12.5 Å². The summed E-state index contributed by atoms with van der Waals surface area (Å²) >= 11 is 0. The normalized spacial score (nSPS) is 12.6. The van der Waals surface area contributed by atoms with Crippen LogP contribution in [0.1, 0.15) is 56.6 Å². The zero-order valence-electron chi connectivity index (χ0n) is 13.0. The first kappa shape index (κ1) is 16.2. The van der Waals surface area contributed by atoms with Crippen LogP contribution in [0.5, 0.6) is 0 Å². The molecule has 19 heavy (non-hydrogen) atoms. The largest absolute Gasteiger partial charge is 0.319 e. The smallest absolute Gasteiger partial charge is 0.00203 e. The Hall–Kier alpha value is -0.820. The molecule has 1 N–H and O–H groups in total. The first-order valence-corrected chi connectivity index (χ1v) is 7.96. The van der Waals surface area contributed by atoms with Crippen LogP contribution in [-0.2, 0) is 6.42 Å². The van der Waals surface area contributed by atoms with Crippen LogP contribution in [0, 0.1) is 12.8 Å². The molecule has 0 aromatic heterocycles. The molecule has 0 aliphatic rings. The average Bonchev–Trinajstić information content (AvgIpc) is 2.41. The number of rotatable bonds is 10. The summed E-state index contributed by atoms with van der Waals surface area (Å²) in [7, 11) is 2.07. The summed E-state index contributed by atoms with van der Waals surface area (Å²) in [5, 5.41) is 3.35. The van der Waals surface area contributed by atoms with Gasteiger partial charge >= 0.3 is 0 Å². The Kier molecular flexibility index (Phi) is 8.57. The van der Waals surface area contributed by atoms with Crippen LogP contribution >= 0.6 is 0 Å². The van der Waals surface area contributed by atoms with Crippen LogP contribution in [0.25, 0.3) is 0 Å². The topological polar surface area (TPSA) is 12.0 Å². The summed E-state index contributed by atoms with van der Waals surface area (Å²) in [4.78, 5) is 0. The third-order valence-corrected chi connectivity index (χ3v) is 3.85. The van der Waals surface area contributed by atoms with Gasteiger partial charge in [-0.1, -0.05) is 68.9 Å². The minimum Gasteiger partial charge on any atom is -0.319 e. The van der Waals surface area contributed by atoms with Crippen LogP contribution in [0.3, 0.4) is 0 Å². The number of benzene rings is 1. The number of nitrogens with one attached hydrogen (secondary N) is 1. The van der Waals surface area contributed by atoms with Crippen LogP contribution in [0.4, 0.5) is 0 Å². The van der Waals surface area contributed by atoms with E-state index >= 15 is 0 Å². The molecular weight excluding hydrogens is 230 g/mol. The molecule has 0 aliphatic carbocycles. The van der Waals surface area contributed by atoms with Crippen molar-refractivity contribution in [3.05, 3.63) is 35.4 Å². The van der Waals surface area contributed by atoms with Gasteiger partial charge in [-0.25, -0.2) is 0 Å². The van der Waals surface area contributed by atoms with E-state index < -0.39 is 0 Å². The standard InChI is InChI=1S/C18H31N/c1-4-5-6-7-8-9-18(15-19-3)14-17-12-10-16(2)11-13-17/h10-13,18-19H,4-9,14-15H2,1-3H3. The molecule has 108 valence electrons. The zero-order valence-corrected chi connectivity index (χ0v) is 13.0. The maximum atomic E-state index is 3.35. The molecular formula is C18H31N. The molecule has 1 atom stereocenters. The molecule has 0 bridgehead atoms. The lowest BCUT2D eigenvalue weighted by molar-refractivity contribution is 0.433. The Morgan fingerprint density at radius 1 is 1.00 bits per heavy atom. The molecule has 0 saturated carbocycles. The van der Waals surface area contributed by atoms with Crippen molar-refractivity contribution in [1.82, 2.24) is 5.32 Å². The fourth-order valence-corrected chi connectivity index (χ4v) is 2.66. The first-order chi connectivity index (χ1) is 9.26. The van der Waals surface area contributed by atoms with Gasteiger partial charge in [0.05, 0.1) is 0 Å².